The molecule has 0 amide bonds. The van der Waals surface area contributed by atoms with Crippen LogP contribution in [0.1, 0.15) is 11.7 Å². The van der Waals surface area contributed by atoms with Crippen LogP contribution in [0.4, 0.5) is 0 Å². The molecule has 2 nitrogen and oxygen atoms in total. The van der Waals surface area contributed by atoms with Gasteiger partial charge < -0.3 is 5.11 Å². The predicted octanol–water partition coefficient (Wildman–Crippen LogP) is 3.08. The second-order valence-corrected chi connectivity index (χ2v) is 3.73. The van der Waals surface area contributed by atoms with Crippen molar-refractivity contribution in [2.24, 2.45) is 0 Å². The van der Waals surface area contributed by atoms with E-state index < -0.39 is 6.10 Å². The van der Waals surface area contributed by atoms with Gasteiger partial charge in [0.25, 0.3) is 0 Å². The number of alkyl halides is 1. The van der Waals surface area contributed by atoms with Crippen LogP contribution in [0.2, 0.25) is 0 Å². The lowest BCUT2D eigenvalue weighted by Crippen LogP contribution is -1.99. The minimum Gasteiger partial charge on any atom is -0.388 e. The summed E-state index contributed by atoms with van der Waals surface area (Å²) in [5.41, 5.74) is 1.84. The summed E-state index contributed by atoms with van der Waals surface area (Å²) in [6.45, 7) is 0. The number of halogens is 2. The topological polar surface area (TPSA) is 33.1 Å². The third-order valence-electron chi connectivity index (χ3n) is 2.19. The summed E-state index contributed by atoms with van der Waals surface area (Å²) < 4.78 is 0. The zero-order valence-electron chi connectivity index (χ0n) is 7.93. The number of aliphatic hydroxyl groups excluding tert-OH is 1. The van der Waals surface area contributed by atoms with E-state index in [0.717, 1.165) is 16.5 Å². The summed E-state index contributed by atoms with van der Waals surface area (Å²) in [6.07, 6.45) is 1.26. The van der Waals surface area contributed by atoms with Crippen LogP contribution >= 0.6 is 28.3 Å². The molecule has 15 heavy (non-hydrogen) atoms. The molecule has 0 aliphatic rings. The van der Waals surface area contributed by atoms with Gasteiger partial charge in [-0.15, -0.1) is 12.4 Å². The van der Waals surface area contributed by atoms with Crippen molar-refractivity contribution in [1.29, 1.82) is 0 Å². The molecule has 1 N–H and O–H groups in total. The van der Waals surface area contributed by atoms with E-state index in [1.807, 2.05) is 30.3 Å². The van der Waals surface area contributed by atoms with Gasteiger partial charge in [-0.25, -0.2) is 0 Å². The van der Waals surface area contributed by atoms with E-state index in [0.29, 0.717) is 5.33 Å². The molecule has 0 spiro atoms. The second kappa shape index (κ2) is 5.45. The third kappa shape index (κ3) is 2.48. The SMILES string of the molecule is Cl.OC(CBr)c1ccnc2ccccc12. The van der Waals surface area contributed by atoms with E-state index >= 15 is 0 Å². The quantitative estimate of drug-likeness (QED) is 0.862. The highest BCUT2D eigenvalue weighted by Gasteiger charge is 2.09. The van der Waals surface area contributed by atoms with Crippen LogP contribution in [0.15, 0.2) is 36.5 Å². The van der Waals surface area contributed by atoms with Gasteiger partial charge in [0, 0.05) is 16.9 Å². The van der Waals surface area contributed by atoms with Gasteiger partial charge in [-0.2, -0.15) is 0 Å². The molecule has 1 heterocycles. The Bertz CT molecular complexity index is 444. The number of para-hydroxylation sites is 1. The first-order valence-electron chi connectivity index (χ1n) is 4.40. The van der Waals surface area contributed by atoms with Gasteiger partial charge in [-0.3, -0.25) is 4.98 Å². The van der Waals surface area contributed by atoms with Crippen molar-refractivity contribution >= 4 is 39.2 Å². The molecule has 1 atom stereocenters. The van der Waals surface area contributed by atoms with Crippen molar-refractivity contribution in [3.63, 3.8) is 0 Å². The standard InChI is InChI=1S/C11H10BrNO.ClH/c12-7-11(14)9-5-6-13-10-4-2-1-3-8(9)10;/h1-6,11,14H,7H2;1H. The Morgan fingerprint density at radius 2 is 2.00 bits per heavy atom. The Balaban J connectivity index is 0.00000112. The van der Waals surface area contributed by atoms with E-state index in [9.17, 15) is 5.11 Å². The molecule has 1 unspecified atom stereocenters. The van der Waals surface area contributed by atoms with Crippen LogP contribution in [0.3, 0.4) is 0 Å². The van der Waals surface area contributed by atoms with Gasteiger partial charge in [-0.1, -0.05) is 34.1 Å². The zero-order valence-corrected chi connectivity index (χ0v) is 10.3. The highest BCUT2D eigenvalue weighted by molar-refractivity contribution is 9.09. The van der Waals surface area contributed by atoms with E-state index in [4.69, 9.17) is 0 Å². The number of hydrogen-bond acceptors (Lipinski definition) is 2. The van der Waals surface area contributed by atoms with Crippen molar-refractivity contribution < 1.29 is 5.11 Å². The molecule has 80 valence electrons. The Labute approximate surface area is 103 Å². The fraction of sp³-hybridized carbons (Fsp3) is 0.182. The van der Waals surface area contributed by atoms with Gasteiger partial charge >= 0.3 is 0 Å². The molecule has 4 heteroatoms. The smallest absolute Gasteiger partial charge is 0.0893 e. The van der Waals surface area contributed by atoms with E-state index in [1.54, 1.807) is 6.20 Å². The lowest BCUT2D eigenvalue weighted by atomic mass is 10.1. The minimum absolute atomic E-state index is 0. The first-order chi connectivity index (χ1) is 6.83. The number of fused-ring (bicyclic) bond motifs is 1. The maximum absolute atomic E-state index is 9.75. The highest BCUT2D eigenvalue weighted by Crippen LogP contribution is 2.23. The first-order valence-corrected chi connectivity index (χ1v) is 5.53. The first kappa shape index (κ1) is 12.4. The number of nitrogens with zero attached hydrogens (tertiary/aromatic N) is 1. The van der Waals surface area contributed by atoms with Crippen LogP contribution in [0.25, 0.3) is 10.9 Å². The summed E-state index contributed by atoms with van der Waals surface area (Å²) in [5.74, 6) is 0. The fourth-order valence-corrected chi connectivity index (χ4v) is 1.84. The molecule has 2 rings (SSSR count). The molecule has 0 fully saturated rings. The molecule has 0 radical (unpaired) electrons. The summed E-state index contributed by atoms with van der Waals surface area (Å²) in [6, 6.07) is 9.67. The number of aromatic nitrogens is 1. The van der Waals surface area contributed by atoms with Crippen molar-refractivity contribution in [1.82, 2.24) is 4.98 Å². The summed E-state index contributed by atoms with van der Waals surface area (Å²) in [7, 11) is 0. The predicted molar refractivity (Wildman–Crippen MR) is 67.7 cm³/mol. The molecule has 0 aliphatic heterocycles. The summed E-state index contributed by atoms with van der Waals surface area (Å²) in [5, 5.41) is 11.3. The Hall–Kier alpha value is -0.640. The molecule has 0 aliphatic carbocycles. The normalized spacial score (nSPS) is 12.1. The van der Waals surface area contributed by atoms with E-state index in [2.05, 4.69) is 20.9 Å². The molecule has 0 bridgehead atoms. The molecular weight excluding hydrogens is 277 g/mol. The average molecular weight is 289 g/mol. The van der Waals surface area contributed by atoms with Gasteiger partial charge in [0.05, 0.1) is 11.6 Å². The average Bonchev–Trinajstić information content (AvgIpc) is 2.27. The molecule has 1 aromatic heterocycles. The van der Waals surface area contributed by atoms with Crippen molar-refractivity contribution in [3.05, 3.63) is 42.1 Å². The maximum atomic E-state index is 9.75. The van der Waals surface area contributed by atoms with Crippen molar-refractivity contribution in [2.75, 3.05) is 5.33 Å². The highest BCUT2D eigenvalue weighted by atomic mass is 79.9. The summed E-state index contributed by atoms with van der Waals surface area (Å²) in [4.78, 5) is 4.23. The second-order valence-electron chi connectivity index (χ2n) is 3.09. The molecule has 0 saturated carbocycles. The monoisotopic (exact) mass is 287 g/mol. The van der Waals surface area contributed by atoms with Gasteiger partial charge in [0.15, 0.2) is 0 Å². The lowest BCUT2D eigenvalue weighted by molar-refractivity contribution is 0.207. The number of benzene rings is 1. The van der Waals surface area contributed by atoms with E-state index in [-0.39, 0.29) is 12.4 Å². The fourth-order valence-electron chi connectivity index (χ4n) is 1.49. The Morgan fingerprint density at radius 3 is 2.73 bits per heavy atom. The van der Waals surface area contributed by atoms with Crippen LogP contribution in [0.5, 0.6) is 0 Å². The van der Waals surface area contributed by atoms with Gasteiger partial charge in [0.1, 0.15) is 0 Å². The van der Waals surface area contributed by atoms with Crippen LogP contribution < -0.4 is 0 Å². The van der Waals surface area contributed by atoms with Crippen LogP contribution in [0, 0.1) is 0 Å². The lowest BCUT2D eigenvalue weighted by Gasteiger charge is -2.09. The number of aliphatic hydroxyl groups is 1. The maximum Gasteiger partial charge on any atom is 0.0893 e. The van der Waals surface area contributed by atoms with Crippen LogP contribution in [-0.4, -0.2) is 15.4 Å². The number of pyridine rings is 1. The largest absolute Gasteiger partial charge is 0.388 e. The van der Waals surface area contributed by atoms with Gasteiger partial charge in [-0.05, 0) is 17.7 Å². The molecule has 2 aromatic rings. The minimum atomic E-state index is -0.470. The third-order valence-corrected chi connectivity index (χ3v) is 2.80. The van der Waals surface area contributed by atoms with Crippen LogP contribution in [-0.2, 0) is 0 Å². The number of hydrogen-bond donors (Lipinski definition) is 1. The number of rotatable bonds is 2. The zero-order chi connectivity index (χ0) is 9.97. The summed E-state index contributed by atoms with van der Waals surface area (Å²) >= 11 is 3.27. The molecule has 1 aromatic carbocycles. The van der Waals surface area contributed by atoms with Crippen molar-refractivity contribution in [2.45, 2.75) is 6.10 Å². The van der Waals surface area contributed by atoms with Crippen molar-refractivity contribution in [3.8, 4) is 0 Å². The Morgan fingerprint density at radius 1 is 1.27 bits per heavy atom. The van der Waals surface area contributed by atoms with E-state index in [1.165, 1.54) is 0 Å². The molecule has 0 saturated heterocycles. The van der Waals surface area contributed by atoms with Gasteiger partial charge in [0.2, 0.25) is 0 Å². The molecular formula is C11H11BrClNO. The Kier molecular flexibility index (Phi) is 4.51.